The lowest BCUT2D eigenvalue weighted by molar-refractivity contribution is 0.471. The molecular formula is C12H19N3O2S. The number of aromatic nitrogens is 2. The van der Waals surface area contributed by atoms with Gasteiger partial charge < -0.3 is 9.88 Å². The second kappa shape index (κ2) is 4.66. The Morgan fingerprint density at radius 2 is 2.33 bits per heavy atom. The summed E-state index contributed by atoms with van der Waals surface area (Å²) in [5, 5.41) is 3.36. The fourth-order valence-corrected chi connectivity index (χ4v) is 4.87. The maximum Gasteiger partial charge on any atom is 0.150 e. The van der Waals surface area contributed by atoms with Gasteiger partial charge in [0.05, 0.1) is 17.8 Å². The molecule has 100 valence electrons. The Morgan fingerprint density at radius 3 is 3.00 bits per heavy atom. The van der Waals surface area contributed by atoms with Gasteiger partial charge in [0.2, 0.25) is 0 Å². The number of nitrogens with one attached hydrogen (secondary N) is 1. The van der Waals surface area contributed by atoms with Gasteiger partial charge in [-0.3, -0.25) is 0 Å². The molecule has 3 heterocycles. The third kappa shape index (κ3) is 2.44. The maximum absolute atomic E-state index is 11.5. The lowest BCUT2D eigenvalue weighted by atomic mass is 10.0. The van der Waals surface area contributed by atoms with Crippen LogP contribution in [-0.4, -0.2) is 42.6 Å². The standard InChI is InChI=1S/C12H19N3O2S/c16-18(17)4-2-10(8-18)7-15-9-14-6-12(15)11-1-3-13-5-11/h6,9-11,13H,1-5,7-8H2. The predicted octanol–water partition coefficient (Wildman–Crippen LogP) is 0.395. The number of rotatable bonds is 3. The minimum atomic E-state index is -2.78. The smallest absolute Gasteiger partial charge is 0.150 e. The number of nitrogens with zero attached hydrogens (tertiary/aromatic N) is 2. The molecule has 1 aromatic heterocycles. The number of hydrogen-bond donors (Lipinski definition) is 1. The topological polar surface area (TPSA) is 64.0 Å². The molecule has 6 heteroatoms. The molecule has 2 atom stereocenters. The average molecular weight is 269 g/mol. The first-order chi connectivity index (χ1) is 8.64. The quantitative estimate of drug-likeness (QED) is 0.862. The Bertz CT molecular complexity index is 517. The zero-order valence-corrected chi connectivity index (χ0v) is 11.2. The van der Waals surface area contributed by atoms with Gasteiger partial charge in [0, 0.05) is 30.9 Å². The highest BCUT2D eigenvalue weighted by Crippen LogP contribution is 2.25. The summed E-state index contributed by atoms with van der Waals surface area (Å²) in [6.45, 7) is 2.87. The van der Waals surface area contributed by atoms with Crippen LogP contribution in [-0.2, 0) is 16.4 Å². The molecule has 2 aliphatic heterocycles. The second-order valence-corrected chi connectivity index (χ2v) is 7.66. The van der Waals surface area contributed by atoms with Gasteiger partial charge in [0.25, 0.3) is 0 Å². The van der Waals surface area contributed by atoms with Crippen molar-refractivity contribution in [2.24, 2.45) is 5.92 Å². The van der Waals surface area contributed by atoms with E-state index >= 15 is 0 Å². The van der Waals surface area contributed by atoms with Crippen molar-refractivity contribution in [3.8, 4) is 0 Å². The van der Waals surface area contributed by atoms with Gasteiger partial charge in [-0.2, -0.15) is 0 Å². The first-order valence-electron chi connectivity index (χ1n) is 6.55. The lowest BCUT2D eigenvalue weighted by Gasteiger charge is -2.15. The molecule has 2 unspecified atom stereocenters. The number of hydrogen-bond acceptors (Lipinski definition) is 4. The summed E-state index contributed by atoms with van der Waals surface area (Å²) in [7, 11) is -2.78. The SMILES string of the molecule is O=S1(=O)CCC(Cn2cncc2C2CCNC2)C1. The third-order valence-electron chi connectivity index (χ3n) is 4.00. The molecule has 0 saturated carbocycles. The van der Waals surface area contributed by atoms with E-state index in [4.69, 9.17) is 0 Å². The lowest BCUT2D eigenvalue weighted by Crippen LogP contribution is -2.16. The van der Waals surface area contributed by atoms with Crippen LogP contribution in [0.25, 0.3) is 0 Å². The van der Waals surface area contributed by atoms with E-state index in [0.717, 1.165) is 32.5 Å². The van der Waals surface area contributed by atoms with E-state index in [1.807, 2.05) is 12.5 Å². The van der Waals surface area contributed by atoms with Gasteiger partial charge in [-0.25, -0.2) is 13.4 Å². The molecule has 18 heavy (non-hydrogen) atoms. The molecule has 0 aromatic carbocycles. The molecule has 5 nitrogen and oxygen atoms in total. The van der Waals surface area contributed by atoms with Crippen molar-refractivity contribution >= 4 is 9.84 Å². The Kier molecular flexibility index (Phi) is 3.15. The highest BCUT2D eigenvalue weighted by Gasteiger charge is 2.29. The summed E-state index contributed by atoms with van der Waals surface area (Å²) in [5.74, 6) is 1.49. The fraction of sp³-hybridized carbons (Fsp3) is 0.750. The Labute approximate surface area is 108 Å². The van der Waals surface area contributed by atoms with E-state index in [1.165, 1.54) is 5.69 Å². The van der Waals surface area contributed by atoms with Gasteiger partial charge in [-0.15, -0.1) is 0 Å². The van der Waals surface area contributed by atoms with Crippen molar-refractivity contribution in [2.45, 2.75) is 25.3 Å². The van der Waals surface area contributed by atoms with Gasteiger partial charge in [0.15, 0.2) is 9.84 Å². The summed E-state index contributed by atoms with van der Waals surface area (Å²) in [6.07, 6.45) is 5.72. The van der Waals surface area contributed by atoms with E-state index in [1.54, 1.807) is 0 Å². The minimum absolute atomic E-state index is 0.261. The molecule has 1 N–H and O–H groups in total. The summed E-state index contributed by atoms with van der Waals surface area (Å²) >= 11 is 0. The minimum Gasteiger partial charge on any atom is -0.334 e. The molecule has 0 amide bonds. The Hall–Kier alpha value is -0.880. The Balaban J connectivity index is 1.71. The van der Waals surface area contributed by atoms with Crippen LogP contribution in [0.4, 0.5) is 0 Å². The molecule has 0 bridgehead atoms. The largest absolute Gasteiger partial charge is 0.334 e. The van der Waals surface area contributed by atoms with Crippen LogP contribution in [0.1, 0.15) is 24.5 Å². The molecule has 2 aliphatic rings. The normalized spacial score (nSPS) is 30.9. The maximum atomic E-state index is 11.5. The van der Waals surface area contributed by atoms with Crippen molar-refractivity contribution < 1.29 is 8.42 Å². The van der Waals surface area contributed by atoms with Gasteiger partial charge in [0.1, 0.15) is 0 Å². The van der Waals surface area contributed by atoms with E-state index in [0.29, 0.717) is 17.4 Å². The van der Waals surface area contributed by atoms with E-state index < -0.39 is 9.84 Å². The van der Waals surface area contributed by atoms with Crippen molar-refractivity contribution in [2.75, 3.05) is 24.6 Å². The van der Waals surface area contributed by atoms with Gasteiger partial charge in [-0.1, -0.05) is 0 Å². The highest BCUT2D eigenvalue weighted by atomic mass is 32.2. The first kappa shape index (κ1) is 12.2. The zero-order chi connectivity index (χ0) is 12.6. The fourth-order valence-electron chi connectivity index (χ4n) is 3.02. The molecule has 2 fully saturated rings. The predicted molar refractivity (Wildman–Crippen MR) is 69.2 cm³/mol. The first-order valence-corrected chi connectivity index (χ1v) is 8.37. The molecule has 1 aromatic rings. The molecule has 3 rings (SSSR count). The van der Waals surface area contributed by atoms with Crippen LogP contribution < -0.4 is 5.32 Å². The number of sulfone groups is 1. The van der Waals surface area contributed by atoms with E-state index in [-0.39, 0.29) is 5.92 Å². The summed E-state index contributed by atoms with van der Waals surface area (Å²) in [4.78, 5) is 4.23. The van der Waals surface area contributed by atoms with Crippen molar-refractivity contribution in [1.82, 2.24) is 14.9 Å². The number of imidazole rings is 1. The average Bonchev–Trinajstić information content (AvgIpc) is 2.99. The Morgan fingerprint density at radius 1 is 1.44 bits per heavy atom. The van der Waals surface area contributed by atoms with Crippen LogP contribution in [0.2, 0.25) is 0 Å². The molecule has 2 saturated heterocycles. The van der Waals surface area contributed by atoms with Crippen molar-refractivity contribution in [3.05, 3.63) is 18.2 Å². The van der Waals surface area contributed by atoms with Crippen LogP contribution >= 0.6 is 0 Å². The van der Waals surface area contributed by atoms with Crippen LogP contribution in [0, 0.1) is 5.92 Å². The van der Waals surface area contributed by atoms with Crippen LogP contribution in [0.3, 0.4) is 0 Å². The van der Waals surface area contributed by atoms with Crippen LogP contribution in [0.15, 0.2) is 12.5 Å². The molecule has 0 aliphatic carbocycles. The van der Waals surface area contributed by atoms with Gasteiger partial charge >= 0.3 is 0 Å². The van der Waals surface area contributed by atoms with Crippen LogP contribution in [0.5, 0.6) is 0 Å². The summed E-state index contributed by atoms with van der Waals surface area (Å²) < 4.78 is 25.1. The zero-order valence-electron chi connectivity index (χ0n) is 10.4. The second-order valence-electron chi connectivity index (χ2n) is 5.43. The summed E-state index contributed by atoms with van der Waals surface area (Å²) in [6, 6.07) is 0. The molecular weight excluding hydrogens is 250 g/mol. The van der Waals surface area contributed by atoms with E-state index in [9.17, 15) is 8.42 Å². The summed E-state index contributed by atoms with van der Waals surface area (Å²) in [5.41, 5.74) is 1.25. The molecule has 0 spiro atoms. The molecule has 0 radical (unpaired) electrons. The highest BCUT2D eigenvalue weighted by molar-refractivity contribution is 7.91. The van der Waals surface area contributed by atoms with Crippen molar-refractivity contribution in [1.29, 1.82) is 0 Å². The van der Waals surface area contributed by atoms with Crippen molar-refractivity contribution in [3.63, 3.8) is 0 Å². The van der Waals surface area contributed by atoms with Gasteiger partial charge in [-0.05, 0) is 25.3 Å². The third-order valence-corrected chi connectivity index (χ3v) is 5.84. The monoisotopic (exact) mass is 269 g/mol. The van der Waals surface area contributed by atoms with E-state index in [2.05, 4.69) is 14.9 Å².